The number of ether oxygens (including phenoxy) is 2. The fourth-order valence-corrected chi connectivity index (χ4v) is 5.02. The van der Waals surface area contributed by atoms with Crippen LogP contribution in [0, 0.1) is 5.92 Å². The highest BCUT2D eigenvalue weighted by molar-refractivity contribution is 5.85. The van der Waals surface area contributed by atoms with Crippen molar-refractivity contribution in [2.24, 2.45) is 5.92 Å². The Bertz CT molecular complexity index is 683. The molecule has 156 valence electrons. The molecule has 0 spiro atoms. The molecular weight excluding hydrogens is 376 g/mol. The molecule has 3 atom stereocenters. The second-order valence-corrected chi connectivity index (χ2v) is 8.05. The van der Waals surface area contributed by atoms with Gasteiger partial charge in [-0.25, -0.2) is 0 Å². The van der Waals surface area contributed by atoms with E-state index < -0.39 is 0 Å². The first-order valence-electron chi connectivity index (χ1n) is 10.7. The number of carbonyl (C=O) groups is 1. The molecule has 3 aliphatic rings. The van der Waals surface area contributed by atoms with Gasteiger partial charge in [0.05, 0.1) is 19.3 Å². The maximum absolute atomic E-state index is 13.1. The second kappa shape index (κ2) is 9.36. The summed E-state index contributed by atoms with van der Waals surface area (Å²) in [6, 6.07) is 4.75. The summed E-state index contributed by atoms with van der Waals surface area (Å²) in [5.74, 6) is 2.59. The van der Waals surface area contributed by atoms with Crippen molar-refractivity contribution in [3.05, 3.63) is 23.3 Å². The lowest BCUT2D eigenvalue weighted by Gasteiger charge is -2.32. The molecule has 2 fully saturated rings. The monoisotopic (exact) mass is 408 g/mol. The van der Waals surface area contributed by atoms with E-state index in [1.807, 2.05) is 18.7 Å². The molecule has 28 heavy (non-hydrogen) atoms. The van der Waals surface area contributed by atoms with Crippen molar-refractivity contribution in [1.29, 1.82) is 0 Å². The molecule has 0 bridgehead atoms. The molecule has 4 rings (SSSR count). The molecule has 1 aromatic carbocycles. The van der Waals surface area contributed by atoms with Crippen molar-refractivity contribution in [2.45, 2.75) is 71.0 Å². The molecular formula is C22H33ClN2O3. The topological polar surface area (TPSA) is 50.8 Å². The predicted octanol–water partition coefficient (Wildman–Crippen LogP) is 3.71. The molecule has 6 heteroatoms. The van der Waals surface area contributed by atoms with Crippen LogP contribution in [-0.2, 0) is 17.8 Å². The molecule has 1 saturated heterocycles. The van der Waals surface area contributed by atoms with E-state index in [0.717, 1.165) is 30.9 Å². The van der Waals surface area contributed by atoms with E-state index in [9.17, 15) is 4.79 Å². The van der Waals surface area contributed by atoms with Crippen molar-refractivity contribution < 1.29 is 14.3 Å². The van der Waals surface area contributed by atoms with E-state index in [4.69, 9.17) is 9.47 Å². The Morgan fingerprint density at radius 1 is 1.11 bits per heavy atom. The van der Waals surface area contributed by atoms with Crippen LogP contribution in [-0.4, -0.2) is 42.6 Å². The van der Waals surface area contributed by atoms with Crippen LogP contribution in [0.4, 0.5) is 0 Å². The lowest BCUT2D eigenvalue weighted by atomic mass is 9.85. The average molecular weight is 409 g/mol. The van der Waals surface area contributed by atoms with Gasteiger partial charge in [-0.3, -0.25) is 4.79 Å². The number of fused-ring (bicyclic) bond motifs is 2. The standard InChI is InChI=1S/C22H32N2O3.ClH/c1-3-26-20-12-15-9-10-24(14-17(15)13-21(20)27-4-2)22(25)19-11-16-7-5-6-8-18(16)23-19;/h12-13,16,18-19,23H,3-11,14H2,1-2H3;1H. The molecule has 1 aliphatic carbocycles. The van der Waals surface area contributed by atoms with E-state index in [1.54, 1.807) is 0 Å². The molecule has 1 aromatic rings. The van der Waals surface area contributed by atoms with Crippen LogP contribution in [0.2, 0.25) is 0 Å². The first kappa shape index (κ1) is 21.3. The van der Waals surface area contributed by atoms with Gasteiger partial charge >= 0.3 is 0 Å². The first-order chi connectivity index (χ1) is 13.2. The predicted molar refractivity (Wildman–Crippen MR) is 112 cm³/mol. The fourth-order valence-electron chi connectivity index (χ4n) is 5.02. The Hall–Kier alpha value is -1.46. The number of halogens is 1. The number of amides is 1. The lowest BCUT2D eigenvalue weighted by molar-refractivity contribution is -0.134. The smallest absolute Gasteiger partial charge is 0.240 e. The van der Waals surface area contributed by atoms with E-state index >= 15 is 0 Å². The molecule has 0 aromatic heterocycles. The van der Waals surface area contributed by atoms with E-state index in [-0.39, 0.29) is 24.4 Å². The zero-order valence-electron chi connectivity index (χ0n) is 17.0. The Morgan fingerprint density at radius 3 is 2.46 bits per heavy atom. The summed E-state index contributed by atoms with van der Waals surface area (Å²) in [5, 5.41) is 3.64. The number of benzene rings is 1. The van der Waals surface area contributed by atoms with Gasteiger partial charge in [0.15, 0.2) is 11.5 Å². The zero-order valence-corrected chi connectivity index (χ0v) is 17.9. The molecule has 2 aliphatic heterocycles. The van der Waals surface area contributed by atoms with Crippen LogP contribution >= 0.6 is 12.4 Å². The number of nitrogens with one attached hydrogen (secondary N) is 1. The molecule has 1 N–H and O–H groups in total. The summed E-state index contributed by atoms with van der Waals surface area (Å²) in [6.45, 7) is 6.67. The quantitative estimate of drug-likeness (QED) is 0.806. The van der Waals surface area contributed by atoms with Crippen LogP contribution in [0.3, 0.4) is 0 Å². The highest BCUT2D eigenvalue weighted by atomic mass is 35.5. The lowest BCUT2D eigenvalue weighted by Crippen LogP contribution is -2.47. The maximum Gasteiger partial charge on any atom is 0.240 e. The average Bonchev–Trinajstić information content (AvgIpc) is 3.12. The van der Waals surface area contributed by atoms with Crippen LogP contribution < -0.4 is 14.8 Å². The van der Waals surface area contributed by atoms with Crippen molar-refractivity contribution in [3.63, 3.8) is 0 Å². The van der Waals surface area contributed by atoms with E-state index in [0.29, 0.717) is 31.7 Å². The second-order valence-electron chi connectivity index (χ2n) is 8.05. The Balaban J connectivity index is 0.00000225. The van der Waals surface area contributed by atoms with Crippen LogP contribution in [0.5, 0.6) is 11.5 Å². The summed E-state index contributed by atoms with van der Waals surface area (Å²) < 4.78 is 11.5. The number of carbonyl (C=O) groups excluding carboxylic acids is 1. The number of nitrogens with zero attached hydrogens (tertiary/aromatic N) is 1. The minimum absolute atomic E-state index is 0. The molecule has 0 radical (unpaired) electrons. The van der Waals surface area contributed by atoms with Gasteiger partial charge in [0, 0.05) is 19.1 Å². The fraction of sp³-hybridized carbons (Fsp3) is 0.682. The van der Waals surface area contributed by atoms with Gasteiger partial charge in [-0.1, -0.05) is 12.8 Å². The van der Waals surface area contributed by atoms with Gasteiger partial charge < -0.3 is 19.7 Å². The summed E-state index contributed by atoms with van der Waals surface area (Å²) in [6.07, 6.45) is 7.03. The largest absolute Gasteiger partial charge is 0.490 e. The minimum Gasteiger partial charge on any atom is -0.490 e. The Morgan fingerprint density at radius 2 is 1.79 bits per heavy atom. The van der Waals surface area contributed by atoms with E-state index in [1.165, 1.54) is 36.8 Å². The highest BCUT2D eigenvalue weighted by Gasteiger charge is 2.40. The Labute approximate surface area is 174 Å². The molecule has 2 heterocycles. The van der Waals surface area contributed by atoms with Crippen LogP contribution in [0.25, 0.3) is 0 Å². The van der Waals surface area contributed by atoms with Crippen LogP contribution in [0.1, 0.15) is 57.1 Å². The molecule has 5 nitrogen and oxygen atoms in total. The number of hydrogen-bond acceptors (Lipinski definition) is 4. The van der Waals surface area contributed by atoms with E-state index in [2.05, 4.69) is 17.4 Å². The van der Waals surface area contributed by atoms with Gasteiger partial charge in [0.1, 0.15) is 0 Å². The first-order valence-corrected chi connectivity index (χ1v) is 10.7. The third-order valence-corrected chi connectivity index (χ3v) is 6.35. The van der Waals surface area contributed by atoms with Gasteiger partial charge in [-0.05, 0) is 68.7 Å². The summed E-state index contributed by atoms with van der Waals surface area (Å²) in [7, 11) is 0. The molecule has 1 amide bonds. The van der Waals surface area contributed by atoms with Crippen molar-refractivity contribution in [3.8, 4) is 11.5 Å². The number of rotatable bonds is 5. The summed E-state index contributed by atoms with van der Waals surface area (Å²) >= 11 is 0. The minimum atomic E-state index is 0. The normalized spacial score (nSPS) is 26.1. The third-order valence-electron chi connectivity index (χ3n) is 6.35. The highest BCUT2D eigenvalue weighted by Crippen LogP contribution is 2.36. The SMILES string of the molecule is CCOc1cc2c(cc1OCC)CN(C(=O)C1CC3CCCCC3N1)CC2.Cl. The number of hydrogen-bond donors (Lipinski definition) is 1. The summed E-state index contributed by atoms with van der Waals surface area (Å²) in [4.78, 5) is 15.2. The zero-order chi connectivity index (χ0) is 18.8. The van der Waals surface area contributed by atoms with Crippen LogP contribution in [0.15, 0.2) is 12.1 Å². The van der Waals surface area contributed by atoms with Crippen molar-refractivity contribution >= 4 is 18.3 Å². The van der Waals surface area contributed by atoms with Gasteiger partial charge in [-0.15, -0.1) is 12.4 Å². The van der Waals surface area contributed by atoms with Gasteiger partial charge in [0.25, 0.3) is 0 Å². The maximum atomic E-state index is 13.1. The third kappa shape index (κ3) is 4.25. The molecule has 3 unspecified atom stereocenters. The molecule has 1 saturated carbocycles. The summed E-state index contributed by atoms with van der Waals surface area (Å²) in [5.41, 5.74) is 2.47. The Kier molecular flexibility index (Phi) is 7.10. The van der Waals surface area contributed by atoms with Gasteiger partial charge in [-0.2, -0.15) is 0 Å². The van der Waals surface area contributed by atoms with Crippen molar-refractivity contribution in [1.82, 2.24) is 10.2 Å². The van der Waals surface area contributed by atoms with Crippen molar-refractivity contribution in [2.75, 3.05) is 19.8 Å². The van der Waals surface area contributed by atoms with Gasteiger partial charge in [0.2, 0.25) is 5.91 Å².